The predicted octanol–water partition coefficient (Wildman–Crippen LogP) is 2.46. The van der Waals surface area contributed by atoms with Crippen LogP contribution in [0.3, 0.4) is 0 Å². The monoisotopic (exact) mass is 193 g/mol. The van der Waals surface area contributed by atoms with Crippen LogP contribution in [0.25, 0.3) is 0 Å². The van der Waals surface area contributed by atoms with Crippen molar-refractivity contribution in [3.8, 4) is 0 Å². The Labute approximate surface area is 85.3 Å². The lowest BCUT2D eigenvalue weighted by Gasteiger charge is -2.32. The van der Waals surface area contributed by atoms with Gasteiger partial charge in [-0.05, 0) is 37.2 Å². The largest absolute Gasteiger partial charge is 0.382 e. The van der Waals surface area contributed by atoms with Gasteiger partial charge in [0, 0.05) is 6.20 Å². The van der Waals surface area contributed by atoms with Crippen LogP contribution in [-0.2, 0) is 0 Å². The fourth-order valence-corrected chi connectivity index (χ4v) is 2.32. The zero-order chi connectivity index (χ0) is 10.1. The molecule has 1 aromatic heterocycles. The van der Waals surface area contributed by atoms with Crippen molar-refractivity contribution in [2.45, 2.75) is 39.2 Å². The Bertz CT molecular complexity index is 305. The van der Waals surface area contributed by atoms with Crippen molar-refractivity contribution < 1.29 is 0 Å². The molecule has 0 spiro atoms. The lowest BCUT2D eigenvalue weighted by Crippen LogP contribution is -2.23. The molecular formula is C11H19N3. The van der Waals surface area contributed by atoms with Crippen LogP contribution < -0.4 is 5.73 Å². The van der Waals surface area contributed by atoms with Crippen LogP contribution in [-0.4, -0.2) is 9.78 Å². The summed E-state index contributed by atoms with van der Waals surface area (Å²) in [5.41, 5.74) is 5.62. The third-order valence-electron chi connectivity index (χ3n) is 3.57. The summed E-state index contributed by atoms with van der Waals surface area (Å²) in [6, 6.07) is 2.45. The first-order valence-electron chi connectivity index (χ1n) is 5.47. The Balaban J connectivity index is 2.06. The van der Waals surface area contributed by atoms with Crippen LogP contribution in [0.4, 0.5) is 5.82 Å². The number of nitrogens with two attached hydrogens (primary N) is 1. The minimum atomic E-state index is 0.568. The molecule has 14 heavy (non-hydrogen) atoms. The molecule has 0 bridgehead atoms. The fraction of sp³-hybridized carbons (Fsp3) is 0.727. The Morgan fingerprint density at radius 2 is 2.14 bits per heavy atom. The van der Waals surface area contributed by atoms with Gasteiger partial charge in [0.25, 0.3) is 0 Å². The summed E-state index contributed by atoms with van der Waals surface area (Å²) in [5.74, 6) is 2.30. The molecule has 0 aromatic carbocycles. The van der Waals surface area contributed by atoms with Crippen molar-refractivity contribution in [3.63, 3.8) is 0 Å². The molecule has 1 aliphatic carbocycles. The molecule has 0 saturated heterocycles. The van der Waals surface area contributed by atoms with E-state index in [9.17, 15) is 0 Å². The van der Waals surface area contributed by atoms with Crippen LogP contribution in [0.5, 0.6) is 0 Å². The molecule has 1 saturated carbocycles. The highest BCUT2D eigenvalue weighted by Gasteiger charge is 2.25. The first-order chi connectivity index (χ1) is 6.66. The number of hydrogen-bond donors (Lipinski definition) is 1. The first kappa shape index (κ1) is 9.56. The molecule has 1 aromatic rings. The van der Waals surface area contributed by atoms with Gasteiger partial charge in [0.05, 0.1) is 6.04 Å². The van der Waals surface area contributed by atoms with E-state index in [-0.39, 0.29) is 0 Å². The SMILES string of the molecule is CC1CCC(n2ccc(N)n2)CC1C. The number of nitrogen functional groups attached to an aromatic ring is 1. The smallest absolute Gasteiger partial charge is 0.145 e. The number of nitrogens with zero attached hydrogens (tertiary/aromatic N) is 2. The van der Waals surface area contributed by atoms with Crippen molar-refractivity contribution in [1.82, 2.24) is 9.78 Å². The lowest BCUT2D eigenvalue weighted by molar-refractivity contribution is 0.201. The second kappa shape index (κ2) is 3.64. The highest BCUT2D eigenvalue weighted by molar-refractivity contribution is 5.24. The van der Waals surface area contributed by atoms with Gasteiger partial charge >= 0.3 is 0 Å². The molecule has 2 rings (SSSR count). The number of anilines is 1. The van der Waals surface area contributed by atoms with Crippen molar-refractivity contribution in [2.75, 3.05) is 5.73 Å². The second-order valence-corrected chi connectivity index (χ2v) is 4.64. The Morgan fingerprint density at radius 3 is 2.71 bits per heavy atom. The highest BCUT2D eigenvalue weighted by atomic mass is 15.3. The fourth-order valence-electron chi connectivity index (χ4n) is 2.32. The molecule has 78 valence electrons. The lowest BCUT2D eigenvalue weighted by atomic mass is 9.79. The Morgan fingerprint density at radius 1 is 1.36 bits per heavy atom. The van der Waals surface area contributed by atoms with Crippen molar-refractivity contribution in [1.29, 1.82) is 0 Å². The number of aromatic nitrogens is 2. The average molecular weight is 193 g/mol. The van der Waals surface area contributed by atoms with E-state index in [0.29, 0.717) is 11.9 Å². The summed E-state index contributed by atoms with van der Waals surface area (Å²) >= 11 is 0. The summed E-state index contributed by atoms with van der Waals surface area (Å²) in [6.07, 6.45) is 5.79. The molecule has 1 fully saturated rings. The summed E-state index contributed by atoms with van der Waals surface area (Å²) in [7, 11) is 0. The third kappa shape index (κ3) is 1.76. The molecule has 3 nitrogen and oxygen atoms in total. The number of hydrogen-bond acceptors (Lipinski definition) is 2. The first-order valence-corrected chi connectivity index (χ1v) is 5.47. The number of rotatable bonds is 1. The average Bonchev–Trinajstić information content (AvgIpc) is 2.57. The topological polar surface area (TPSA) is 43.8 Å². The summed E-state index contributed by atoms with van der Waals surface area (Å²) in [5, 5.41) is 4.29. The van der Waals surface area contributed by atoms with Crippen molar-refractivity contribution >= 4 is 5.82 Å². The second-order valence-electron chi connectivity index (χ2n) is 4.64. The van der Waals surface area contributed by atoms with Gasteiger partial charge in [0.1, 0.15) is 5.82 Å². The Kier molecular flexibility index (Phi) is 2.48. The Hall–Kier alpha value is -0.990. The van der Waals surface area contributed by atoms with E-state index in [1.807, 2.05) is 16.9 Å². The van der Waals surface area contributed by atoms with E-state index in [0.717, 1.165) is 11.8 Å². The van der Waals surface area contributed by atoms with E-state index in [1.165, 1.54) is 19.3 Å². The van der Waals surface area contributed by atoms with Gasteiger partial charge in [-0.15, -0.1) is 0 Å². The summed E-state index contributed by atoms with van der Waals surface area (Å²) in [4.78, 5) is 0. The van der Waals surface area contributed by atoms with Crippen molar-refractivity contribution in [2.24, 2.45) is 11.8 Å². The predicted molar refractivity (Wildman–Crippen MR) is 57.9 cm³/mol. The van der Waals surface area contributed by atoms with Gasteiger partial charge in [0.15, 0.2) is 0 Å². The highest BCUT2D eigenvalue weighted by Crippen LogP contribution is 2.35. The zero-order valence-corrected chi connectivity index (χ0v) is 8.98. The molecule has 0 radical (unpaired) electrons. The molecule has 2 N–H and O–H groups in total. The quantitative estimate of drug-likeness (QED) is 0.744. The maximum absolute atomic E-state index is 5.62. The molecule has 0 amide bonds. The summed E-state index contributed by atoms with van der Waals surface area (Å²) < 4.78 is 2.04. The molecule has 3 atom stereocenters. The van der Waals surface area contributed by atoms with E-state index < -0.39 is 0 Å². The minimum Gasteiger partial charge on any atom is -0.382 e. The van der Waals surface area contributed by atoms with Crippen LogP contribution in [0.1, 0.15) is 39.2 Å². The maximum Gasteiger partial charge on any atom is 0.145 e. The van der Waals surface area contributed by atoms with E-state index >= 15 is 0 Å². The molecule has 3 heteroatoms. The van der Waals surface area contributed by atoms with Crippen LogP contribution in [0.2, 0.25) is 0 Å². The zero-order valence-electron chi connectivity index (χ0n) is 8.98. The van der Waals surface area contributed by atoms with Crippen LogP contribution >= 0.6 is 0 Å². The molecular weight excluding hydrogens is 174 g/mol. The standard InChI is InChI=1S/C11H19N3/c1-8-3-4-10(7-9(8)2)14-6-5-11(12)13-14/h5-6,8-10H,3-4,7H2,1-2H3,(H2,12,13). The summed E-state index contributed by atoms with van der Waals surface area (Å²) in [6.45, 7) is 4.68. The maximum atomic E-state index is 5.62. The molecule has 1 aliphatic rings. The van der Waals surface area contributed by atoms with Gasteiger partial charge < -0.3 is 5.73 Å². The molecule has 0 aliphatic heterocycles. The van der Waals surface area contributed by atoms with E-state index in [4.69, 9.17) is 5.73 Å². The van der Waals surface area contributed by atoms with Gasteiger partial charge in [0.2, 0.25) is 0 Å². The van der Waals surface area contributed by atoms with Gasteiger partial charge in [-0.3, -0.25) is 4.68 Å². The van der Waals surface area contributed by atoms with Gasteiger partial charge in [-0.2, -0.15) is 5.10 Å². The van der Waals surface area contributed by atoms with Crippen LogP contribution in [0, 0.1) is 11.8 Å². The normalized spacial score (nSPS) is 33.1. The van der Waals surface area contributed by atoms with E-state index in [1.54, 1.807) is 0 Å². The minimum absolute atomic E-state index is 0.568. The van der Waals surface area contributed by atoms with E-state index in [2.05, 4.69) is 18.9 Å². The third-order valence-corrected chi connectivity index (χ3v) is 3.57. The molecule has 1 heterocycles. The van der Waals surface area contributed by atoms with Crippen molar-refractivity contribution in [3.05, 3.63) is 12.3 Å². The van der Waals surface area contributed by atoms with Gasteiger partial charge in [-0.25, -0.2) is 0 Å². The van der Waals surface area contributed by atoms with Crippen LogP contribution in [0.15, 0.2) is 12.3 Å². The molecule has 3 unspecified atom stereocenters. The van der Waals surface area contributed by atoms with Gasteiger partial charge in [-0.1, -0.05) is 13.8 Å².